The molecule has 1 amide bonds. The number of hydrogen-bond acceptors (Lipinski definition) is 3. The van der Waals surface area contributed by atoms with Crippen LogP contribution >= 0.6 is 23.2 Å². The predicted molar refractivity (Wildman–Crippen MR) is 112 cm³/mol. The van der Waals surface area contributed by atoms with Gasteiger partial charge in [0.2, 0.25) is 0 Å². The highest BCUT2D eigenvalue weighted by atomic mass is 35.5. The van der Waals surface area contributed by atoms with E-state index in [0.29, 0.717) is 17.0 Å². The van der Waals surface area contributed by atoms with Crippen LogP contribution in [0.1, 0.15) is 59.1 Å². The number of carbonyl (C=O) groups excluding carboxylic acids is 1. The summed E-state index contributed by atoms with van der Waals surface area (Å²) < 4.78 is 14.1. The van der Waals surface area contributed by atoms with Crippen LogP contribution in [0, 0.1) is 5.82 Å². The van der Waals surface area contributed by atoms with Gasteiger partial charge in [0, 0.05) is 27.7 Å². The van der Waals surface area contributed by atoms with E-state index in [9.17, 15) is 19.1 Å². The van der Waals surface area contributed by atoms with Crippen LogP contribution in [-0.2, 0) is 4.79 Å². The van der Waals surface area contributed by atoms with Crippen molar-refractivity contribution in [1.29, 1.82) is 0 Å². The van der Waals surface area contributed by atoms with Crippen LogP contribution in [0.25, 0.3) is 0 Å². The largest absolute Gasteiger partial charge is 0.481 e. The molecule has 0 bridgehead atoms. The van der Waals surface area contributed by atoms with Crippen LogP contribution < -0.4 is 5.73 Å². The summed E-state index contributed by atoms with van der Waals surface area (Å²) in [6.07, 6.45) is 3.24. The zero-order valence-corrected chi connectivity index (χ0v) is 17.5. The van der Waals surface area contributed by atoms with Crippen LogP contribution in [0.2, 0.25) is 10.0 Å². The number of nitrogens with zero attached hydrogens (tertiary/aromatic N) is 1. The van der Waals surface area contributed by atoms with Crippen LogP contribution in [0.15, 0.2) is 36.4 Å². The highest BCUT2D eigenvalue weighted by Gasteiger charge is 2.48. The number of benzene rings is 2. The van der Waals surface area contributed by atoms with E-state index in [-0.39, 0.29) is 34.1 Å². The molecule has 158 valence electrons. The molecule has 1 aliphatic carbocycles. The lowest BCUT2D eigenvalue weighted by atomic mass is 9.77. The number of amides is 1. The van der Waals surface area contributed by atoms with Gasteiger partial charge >= 0.3 is 5.97 Å². The summed E-state index contributed by atoms with van der Waals surface area (Å²) in [7, 11) is 0. The van der Waals surface area contributed by atoms with Gasteiger partial charge in [-0.25, -0.2) is 4.39 Å². The summed E-state index contributed by atoms with van der Waals surface area (Å²) in [6.45, 7) is 0. The van der Waals surface area contributed by atoms with Gasteiger partial charge in [0.05, 0.1) is 6.04 Å². The molecule has 0 unspecified atom stereocenters. The molecule has 1 fully saturated rings. The van der Waals surface area contributed by atoms with Crippen molar-refractivity contribution in [1.82, 2.24) is 4.90 Å². The van der Waals surface area contributed by atoms with Crippen molar-refractivity contribution in [2.45, 2.75) is 49.7 Å². The Labute approximate surface area is 183 Å². The van der Waals surface area contributed by atoms with Gasteiger partial charge in [-0.2, -0.15) is 0 Å². The predicted octanol–water partition coefficient (Wildman–Crippen LogP) is 4.77. The summed E-state index contributed by atoms with van der Waals surface area (Å²) in [5.74, 6) is -3.32. The number of carboxylic acid groups (broad SMARTS) is 1. The molecule has 4 atom stereocenters. The van der Waals surface area contributed by atoms with E-state index in [0.717, 1.165) is 25.3 Å². The van der Waals surface area contributed by atoms with Gasteiger partial charge in [0.25, 0.3) is 5.91 Å². The number of halogens is 3. The molecule has 1 saturated carbocycles. The van der Waals surface area contributed by atoms with Gasteiger partial charge in [-0.3, -0.25) is 9.59 Å². The number of rotatable bonds is 3. The maximum atomic E-state index is 14.1. The van der Waals surface area contributed by atoms with E-state index < -0.39 is 23.7 Å². The van der Waals surface area contributed by atoms with Crippen LogP contribution in [0.5, 0.6) is 0 Å². The fraction of sp³-hybridized carbons (Fsp3) is 0.364. The first-order valence-electron chi connectivity index (χ1n) is 9.85. The summed E-state index contributed by atoms with van der Waals surface area (Å²) in [6, 6.07) is 6.84. The molecular weight excluding hydrogens is 430 g/mol. The van der Waals surface area contributed by atoms with E-state index in [2.05, 4.69) is 0 Å². The molecule has 0 aromatic heterocycles. The molecular formula is C22H21Cl2FN2O3. The minimum atomic E-state index is -1.19. The third kappa shape index (κ3) is 3.57. The molecule has 8 heteroatoms. The smallest absolute Gasteiger partial charge is 0.313 e. The minimum absolute atomic E-state index is 0.143. The van der Waals surface area contributed by atoms with E-state index in [1.165, 1.54) is 18.2 Å². The van der Waals surface area contributed by atoms with E-state index in [1.54, 1.807) is 17.0 Å². The topological polar surface area (TPSA) is 83.6 Å². The van der Waals surface area contributed by atoms with Crippen LogP contribution in [-0.4, -0.2) is 34.0 Å². The Morgan fingerprint density at radius 2 is 1.83 bits per heavy atom. The lowest BCUT2D eigenvalue weighted by molar-refractivity contribution is -0.141. The van der Waals surface area contributed by atoms with E-state index in [1.807, 2.05) is 0 Å². The third-order valence-corrected chi connectivity index (χ3v) is 6.68. The van der Waals surface area contributed by atoms with Crippen molar-refractivity contribution in [2.24, 2.45) is 5.73 Å². The molecule has 30 heavy (non-hydrogen) atoms. The van der Waals surface area contributed by atoms with Gasteiger partial charge in [-0.05, 0) is 54.3 Å². The molecule has 0 spiro atoms. The highest BCUT2D eigenvalue weighted by Crippen LogP contribution is 2.47. The molecule has 4 rings (SSSR count). The Kier molecular flexibility index (Phi) is 5.75. The van der Waals surface area contributed by atoms with Crippen molar-refractivity contribution in [3.63, 3.8) is 0 Å². The lowest BCUT2D eigenvalue weighted by Crippen LogP contribution is -2.56. The number of fused-ring (bicyclic) bond motifs is 1. The second-order valence-corrected chi connectivity index (χ2v) is 8.73. The first kappa shape index (κ1) is 21.1. The third-order valence-electron chi connectivity index (χ3n) is 6.12. The Balaban J connectivity index is 1.96. The zero-order chi connectivity index (χ0) is 21.6. The Morgan fingerprint density at radius 3 is 2.50 bits per heavy atom. The number of hydrogen-bond donors (Lipinski definition) is 2. The summed E-state index contributed by atoms with van der Waals surface area (Å²) in [5.41, 5.74) is 7.16. The second kappa shape index (κ2) is 8.17. The van der Waals surface area contributed by atoms with Crippen LogP contribution in [0.3, 0.4) is 0 Å². The summed E-state index contributed by atoms with van der Waals surface area (Å²) >= 11 is 12.5. The average Bonchev–Trinajstić information content (AvgIpc) is 2.68. The molecule has 0 saturated heterocycles. The molecule has 2 aliphatic rings. The zero-order valence-electron chi connectivity index (χ0n) is 16.0. The number of aliphatic carboxylic acids is 1. The Morgan fingerprint density at radius 1 is 1.10 bits per heavy atom. The SMILES string of the molecule is N[C@H]1CCCC[C@@H]1N1C(=O)c2ccc(F)cc2[C@@H](C(=O)O)[C@@H]1c1ccc(Cl)cc1Cl. The van der Waals surface area contributed by atoms with Gasteiger partial charge < -0.3 is 15.7 Å². The van der Waals surface area contributed by atoms with Crippen molar-refractivity contribution in [2.75, 3.05) is 0 Å². The van der Waals surface area contributed by atoms with Gasteiger partial charge in [0.15, 0.2) is 0 Å². The maximum Gasteiger partial charge on any atom is 0.313 e. The number of carboxylic acids is 1. The van der Waals surface area contributed by atoms with Crippen molar-refractivity contribution in [3.8, 4) is 0 Å². The summed E-state index contributed by atoms with van der Waals surface area (Å²) in [4.78, 5) is 27.6. The number of nitrogens with two attached hydrogens (primary N) is 1. The molecule has 0 radical (unpaired) electrons. The molecule has 3 N–H and O–H groups in total. The van der Waals surface area contributed by atoms with E-state index >= 15 is 0 Å². The first-order valence-corrected chi connectivity index (χ1v) is 10.6. The van der Waals surface area contributed by atoms with Crippen LogP contribution in [0.4, 0.5) is 4.39 Å². The quantitative estimate of drug-likeness (QED) is 0.705. The maximum absolute atomic E-state index is 14.1. The fourth-order valence-electron chi connectivity index (χ4n) is 4.76. The second-order valence-electron chi connectivity index (χ2n) is 7.89. The number of carbonyl (C=O) groups is 2. The minimum Gasteiger partial charge on any atom is -0.481 e. The summed E-state index contributed by atoms with van der Waals surface area (Å²) in [5, 5.41) is 10.8. The lowest BCUT2D eigenvalue weighted by Gasteiger charge is -2.48. The van der Waals surface area contributed by atoms with Gasteiger partial charge in [-0.15, -0.1) is 0 Å². The van der Waals surface area contributed by atoms with Crippen molar-refractivity contribution < 1.29 is 19.1 Å². The molecule has 5 nitrogen and oxygen atoms in total. The first-order chi connectivity index (χ1) is 14.3. The molecule has 1 aliphatic heterocycles. The Bertz CT molecular complexity index is 1020. The van der Waals surface area contributed by atoms with Gasteiger partial charge in [0.1, 0.15) is 11.7 Å². The molecule has 2 aromatic carbocycles. The fourth-order valence-corrected chi connectivity index (χ4v) is 5.28. The Hall–Kier alpha value is -2.15. The molecule has 2 aromatic rings. The van der Waals surface area contributed by atoms with E-state index in [4.69, 9.17) is 28.9 Å². The van der Waals surface area contributed by atoms with Gasteiger partial charge in [-0.1, -0.05) is 42.1 Å². The monoisotopic (exact) mass is 450 g/mol. The normalized spacial score (nSPS) is 26.4. The van der Waals surface area contributed by atoms with Crippen molar-refractivity contribution in [3.05, 3.63) is 69.0 Å². The average molecular weight is 451 g/mol. The standard InChI is InChI=1S/C22H21Cl2FN2O3/c23-11-5-7-14(16(24)9-11)20-19(22(29)30)15-10-12(25)6-8-13(15)21(28)27(20)18-4-2-1-3-17(18)26/h5-10,17-20H,1-4,26H2,(H,29,30)/t17-,18-,19+,20-/m0/s1. The highest BCUT2D eigenvalue weighted by molar-refractivity contribution is 6.35. The van der Waals surface area contributed by atoms with Crippen molar-refractivity contribution >= 4 is 35.1 Å². The molecule has 1 heterocycles.